The zero-order chi connectivity index (χ0) is 22.0. The Hall–Kier alpha value is -3.20. The van der Waals surface area contributed by atoms with Crippen molar-refractivity contribution >= 4 is 39.1 Å². The molecule has 2 amide bonds. The van der Waals surface area contributed by atoms with Crippen LogP contribution in [-0.4, -0.2) is 39.9 Å². The number of benzene rings is 2. The van der Waals surface area contributed by atoms with E-state index in [0.29, 0.717) is 16.9 Å². The Morgan fingerprint density at radius 1 is 1.10 bits per heavy atom. The Kier molecular flexibility index (Phi) is 6.03. The zero-order valence-electron chi connectivity index (χ0n) is 17.1. The maximum Gasteiger partial charge on any atom is 0.278 e. The number of aromatic nitrogens is 3. The number of primary amides is 1. The molecule has 1 aromatic heterocycles. The lowest BCUT2D eigenvalue weighted by Crippen LogP contribution is -2.30. The minimum Gasteiger partial charge on any atom is -0.370 e. The van der Waals surface area contributed by atoms with E-state index in [1.54, 1.807) is 23.7 Å². The molecular weight excluding hydrogens is 460 g/mol. The maximum absolute atomic E-state index is 13.1. The highest BCUT2D eigenvalue weighted by Crippen LogP contribution is 2.30. The van der Waals surface area contributed by atoms with Crippen LogP contribution < -0.4 is 16.0 Å². The molecule has 0 atom stereocenters. The molecule has 0 unspecified atom stereocenters. The number of nitrogens with zero attached hydrogens (tertiary/aromatic N) is 4. The molecule has 31 heavy (non-hydrogen) atoms. The van der Waals surface area contributed by atoms with E-state index in [-0.39, 0.29) is 5.69 Å². The fourth-order valence-corrected chi connectivity index (χ4v) is 4.16. The summed E-state index contributed by atoms with van der Waals surface area (Å²) >= 11 is 3.44. The Morgan fingerprint density at radius 3 is 2.58 bits per heavy atom. The van der Waals surface area contributed by atoms with Gasteiger partial charge in [0, 0.05) is 23.1 Å². The summed E-state index contributed by atoms with van der Waals surface area (Å²) in [5.41, 5.74) is 8.84. The average Bonchev–Trinajstić information content (AvgIpc) is 3.15. The van der Waals surface area contributed by atoms with Gasteiger partial charge in [0.2, 0.25) is 5.91 Å². The number of carbonyl (C=O) groups is 2. The highest BCUT2D eigenvalue weighted by molar-refractivity contribution is 9.10. The van der Waals surface area contributed by atoms with Gasteiger partial charge in [-0.2, -0.15) is 0 Å². The first kappa shape index (κ1) is 21.0. The van der Waals surface area contributed by atoms with Gasteiger partial charge in [-0.3, -0.25) is 9.59 Å². The summed E-state index contributed by atoms with van der Waals surface area (Å²) in [6.45, 7) is 3.59. The van der Waals surface area contributed by atoms with E-state index in [9.17, 15) is 9.59 Å². The van der Waals surface area contributed by atoms with Crippen LogP contribution >= 0.6 is 15.9 Å². The van der Waals surface area contributed by atoms with Crippen LogP contribution in [0.5, 0.6) is 0 Å². The summed E-state index contributed by atoms with van der Waals surface area (Å²) in [5, 5.41) is 11.2. The van der Waals surface area contributed by atoms with E-state index in [1.165, 1.54) is 6.42 Å². The number of nitrogens with two attached hydrogens (primary N) is 1. The number of piperidine rings is 1. The first-order chi connectivity index (χ1) is 14.9. The molecule has 9 heteroatoms. The van der Waals surface area contributed by atoms with E-state index < -0.39 is 11.8 Å². The van der Waals surface area contributed by atoms with Gasteiger partial charge >= 0.3 is 0 Å². The molecule has 1 aliphatic heterocycles. The lowest BCUT2D eigenvalue weighted by Gasteiger charge is -2.30. The summed E-state index contributed by atoms with van der Waals surface area (Å²) in [5.74, 6) is -0.934. The number of nitrogens with one attached hydrogen (secondary N) is 1. The monoisotopic (exact) mass is 482 g/mol. The topological polar surface area (TPSA) is 106 Å². The molecule has 1 fully saturated rings. The quantitative estimate of drug-likeness (QED) is 0.576. The normalized spacial score (nSPS) is 13.8. The van der Waals surface area contributed by atoms with Crippen molar-refractivity contribution < 1.29 is 9.59 Å². The Bertz CT molecular complexity index is 1140. The first-order valence-corrected chi connectivity index (χ1v) is 10.9. The highest BCUT2D eigenvalue weighted by atomic mass is 79.9. The number of carbonyl (C=O) groups excluding carboxylic acids is 2. The van der Waals surface area contributed by atoms with Crippen molar-refractivity contribution in [1.82, 2.24) is 15.0 Å². The molecule has 2 aromatic carbocycles. The lowest BCUT2D eigenvalue weighted by atomic mass is 10.1. The molecule has 4 rings (SSSR count). The van der Waals surface area contributed by atoms with Gasteiger partial charge in [-0.1, -0.05) is 27.2 Å². The molecule has 8 nitrogen and oxygen atoms in total. The molecule has 3 aromatic rings. The second-order valence-corrected chi connectivity index (χ2v) is 8.43. The van der Waals surface area contributed by atoms with E-state index in [2.05, 4.69) is 36.5 Å². The fourth-order valence-electron chi connectivity index (χ4n) is 3.77. The third kappa shape index (κ3) is 4.46. The van der Waals surface area contributed by atoms with Crippen molar-refractivity contribution in [1.29, 1.82) is 0 Å². The van der Waals surface area contributed by atoms with Crippen molar-refractivity contribution in [2.45, 2.75) is 26.2 Å². The minimum atomic E-state index is -0.544. The molecule has 0 aliphatic carbocycles. The molecular formula is C22H23BrN6O2. The van der Waals surface area contributed by atoms with Crippen molar-refractivity contribution in [3.05, 3.63) is 63.9 Å². The molecule has 160 valence electrons. The van der Waals surface area contributed by atoms with Crippen molar-refractivity contribution in [3.63, 3.8) is 0 Å². The fraction of sp³-hybridized carbons (Fsp3) is 0.273. The van der Waals surface area contributed by atoms with Crippen LogP contribution in [0.1, 0.15) is 45.8 Å². The third-order valence-electron chi connectivity index (χ3n) is 5.39. The zero-order valence-corrected chi connectivity index (χ0v) is 18.7. The Balaban J connectivity index is 1.65. The third-order valence-corrected chi connectivity index (χ3v) is 5.88. The van der Waals surface area contributed by atoms with Gasteiger partial charge in [0.05, 0.1) is 22.8 Å². The SMILES string of the molecule is Cc1c(C(=O)Nc2cc(C(N)=O)ccc2N2CCCCC2)nnn1-c1cccc(Br)c1. The Labute approximate surface area is 188 Å². The van der Waals surface area contributed by atoms with E-state index in [4.69, 9.17) is 5.73 Å². The molecule has 3 N–H and O–H groups in total. The number of amides is 2. The predicted molar refractivity (Wildman–Crippen MR) is 123 cm³/mol. The van der Waals surface area contributed by atoms with Gasteiger partial charge in [0.15, 0.2) is 5.69 Å². The van der Waals surface area contributed by atoms with Gasteiger partial charge in [0.25, 0.3) is 5.91 Å². The number of anilines is 2. The second-order valence-electron chi connectivity index (χ2n) is 7.51. The van der Waals surface area contributed by atoms with Crippen molar-refractivity contribution in [2.24, 2.45) is 5.73 Å². The number of rotatable bonds is 5. The van der Waals surface area contributed by atoms with Crippen LogP contribution in [0.15, 0.2) is 46.9 Å². The standard InChI is InChI=1S/C22H23BrN6O2/c1-14-20(26-27-29(14)17-7-5-6-16(23)13-17)22(31)25-18-12-15(21(24)30)8-9-19(18)28-10-3-2-4-11-28/h5-9,12-13H,2-4,10-11H2,1H3,(H2,24,30)(H,25,31). The summed E-state index contributed by atoms with van der Waals surface area (Å²) in [4.78, 5) is 27.0. The van der Waals surface area contributed by atoms with Gasteiger partial charge in [0.1, 0.15) is 0 Å². The highest BCUT2D eigenvalue weighted by Gasteiger charge is 2.21. The van der Waals surface area contributed by atoms with E-state index in [0.717, 1.165) is 41.8 Å². The van der Waals surface area contributed by atoms with Gasteiger partial charge < -0.3 is 16.0 Å². The smallest absolute Gasteiger partial charge is 0.278 e. The summed E-state index contributed by atoms with van der Waals surface area (Å²) in [7, 11) is 0. The molecule has 1 saturated heterocycles. The summed E-state index contributed by atoms with van der Waals surface area (Å²) < 4.78 is 2.52. The summed E-state index contributed by atoms with van der Waals surface area (Å²) in [6.07, 6.45) is 3.37. The number of hydrogen-bond donors (Lipinski definition) is 2. The van der Waals surface area contributed by atoms with Crippen LogP contribution in [0.3, 0.4) is 0 Å². The largest absolute Gasteiger partial charge is 0.370 e. The van der Waals surface area contributed by atoms with Crippen LogP contribution in [0.2, 0.25) is 0 Å². The molecule has 0 saturated carbocycles. The number of halogens is 1. The maximum atomic E-state index is 13.1. The van der Waals surface area contributed by atoms with Crippen molar-refractivity contribution in [3.8, 4) is 5.69 Å². The van der Waals surface area contributed by atoms with Gasteiger partial charge in [-0.05, 0) is 62.6 Å². The molecule has 1 aliphatic rings. The molecule has 2 heterocycles. The Morgan fingerprint density at radius 2 is 1.87 bits per heavy atom. The molecule has 0 bridgehead atoms. The van der Waals surface area contributed by atoms with Gasteiger partial charge in [-0.15, -0.1) is 5.10 Å². The molecule has 0 spiro atoms. The van der Waals surface area contributed by atoms with Crippen LogP contribution in [0.25, 0.3) is 5.69 Å². The van der Waals surface area contributed by atoms with Gasteiger partial charge in [-0.25, -0.2) is 4.68 Å². The van der Waals surface area contributed by atoms with E-state index in [1.807, 2.05) is 30.3 Å². The second kappa shape index (κ2) is 8.89. The summed E-state index contributed by atoms with van der Waals surface area (Å²) in [6, 6.07) is 12.7. The lowest BCUT2D eigenvalue weighted by molar-refractivity contribution is 0.0995. The van der Waals surface area contributed by atoms with E-state index >= 15 is 0 Å². The predicted octanol–water partition coefficient (Wildman–Crippen LogP) is 3.68. The van der Waals surface area contributed by atoms with Crippen LogP contribution in [0, 0.1) is 6.92 Å². The number of hydrogen-bond acceptors (Lipinski definition) is 5. The van der Waals surface area contributed by atoms with Crippen LogP contribution in [0.4, 0.5) is 11.4 Å². The minimum absolute atomic E-state index is 0.217. The van der Waals surface area contributed by atoms with Crippen molar-refractivity contribution in [2.75, 3.05) is 23.3 Å². The first-order valence-electron chi connectivity index (χ1n) is 10.1. The molecule has 0 radical (unpaired) electrons. The van der Waals surface area contributed by atoms with Crippen LogP contribution in [-0.2, 0) is 0 Å². The average molecular weight is 483 g/mol.